The summed E-state index contributed by atoms with van der Waals surface area (Å²) < 4.78 is 31.6. The van der Waals surface area contributed by atoms with E-state index in [9.17, 15) is 0 Å². The first-order valence-electron chi connectivity index (χ1n) is 4.96. The fraction of sp³-hybridized carbons (Fsp3) is 0.400. The summed E-state index contributed by atoms with van der Waals surface area (Å²) in [5.41, 5.74) is 10.2. The van der Waals surface area contributed by atoms with Crippen LogP contribution in [0.2, 0.25) is 0 Å². The second-order valence-corrected chi connectivity index (χ2v) is 4.33. The van der Waals surface area contributed by atoms with Gasteiger partial charge in [0.25, 0.3) is 0 Å². The van der Waals surface area contributed by atoms with E-state index in [1.807, 2.05) is 19.1 Å². The maximum atomic E-state index is 8.74. The van der Waals surface area contributed by atoms with E-state index < -0.39 is 10.4 Å². The number of nitrogens with one attached hydrogen (secondary N) is 1. The Morgan fingerprint density at radius 3 is 2.12 bits per heavy atom. The van der Waals surface area contributed by atoms with Crippen molar-refractivity contribution in [3.8, 4) is 0 Å². The van der Waals surface area contributed by atoms with Gasteiger partial charge in [-0.05, 0) is 44.0 Å². The van der Waals surface area contributed by atoms with Crippen molar-refractivity contribution in [2.75, 3.05) is 17.6 Å². The van der Waals surface area contributed by atoms with Gasteiger partial charge in [0.2, 0.25) is 0 Å². The van der Waals surface area contributed by atoms with Crippen LogP contribution < -0.4 is 11.1 Å². The van der Waals surface area contributed by atoms with Crippen molar-refractivity contribution in [3.05, 3.63) is 23.3 Å². The fourth-order valence-corrected chi connectivity index (χ4v) is 1.22. The maximum absolute atomic E-state index is 8.74. The Balaban J connectivity index is 0.000000437. The molecule has 98 valence electrons. The molecule has 0 aromatic heterocycles. The number of hydrogen-bond acceptors (Lipinski definition) is 4. The Labute approximate surface area is 101 Å². The molecule has 0 radical (unpaired) electrons. The van der Waals surface area contributed by atoms with Crippen molar-refractivity contribution in [2.24, 2.45) is 0 Å². The van der Waals surface area contributed by atoms with Crippen LogP contribution in [0.1, 0.15) is 18.1 Å². The van der Waals surface area contributed by atoms with Crippen LogP contribution in [0.25, 0.3) is 0 Å². The second kappa shape index (κ2) is 6.43. The third kappa shape index (κ3) is 6.77. The first-order valence-corrected chi connectivity index (χ1v) is 6.36. The van der Waals surface area contributed by atoms with Gasteiger partial charge in [-0.3, -0.25) is 9.11 Å². The molecule has 0 aliphatic rings. The summed E-state index contributed by atoms with van der Waals surface area (Å²) in [4.78, 5) is 0. The number of anilines is 2. The molecule has 0 spiro atoms. The van der Waals surface area contributed by atoms with Crippen molar-refractivity contribution >= 4 is 21.8 Å². The standard InChI is InChI=1S/C10H16N2.H2O4S/c1-4-12-10-6-5-9(11)7(2)8(10)3;1-5(2,3)4/h5-6,12H,4,11H2,1-3H3;(H2,1,2,3,4). The quantitative estimate of drug-likeness (QED) is 0.476. The monoisotopic (exact) mass is 262 g/mol. The molecule has 0 aliphatic carbocycles. The summed E-state index contributed by atoms with van der Waals surface area (Å²) in [5.74, 6) is 0. The normalized spacial score (nSPS) is 10.4. The molecule has 0 bridgehead atoms. The van der Waals surface area contributed by atoms with Crippen LogP contribution in [0.4, 0.5) is 11.4 Å². The van der Waals surface area contributed by atoms with Gasteiger partial charge >= 0.3 is 10.4 Å². The lowest BCUT2D eigenvalue weighted by Gasteiger charge is -2.11. The van der Waals surface area contributed by atoms with Crippen LogP contribution >= 0.6 is 0 Å². The molecule has 0 amide bonds. The highest BCUT2D eigenvalue weighted by atomic mass is 32.3. The minimum atomic E-state index is -4.67. The molecule has 1 rings (SSSR count). The molecule has 6 nitrogen and oxygen atoms in total. The van der Waals surface area contributed by atoms with Gasteiger partial charge in [0.15, 0.2) is 0 Å². The zero-order chi connectivity index (χ0) is 13.6. The van der Waals surface area contributed by atoms with Crippen molar-refractivity contribution < 1.29 is 17.5 Å². The third-order valence-corrected chi connectivity index (χ3v) is 2.20. The van der Waals surface area contributed by atoms with Gasteiger partial charge in [0, 0.05) is 17.9 Å². The number of benzene rings is 1. The van der Waals surface area contributed by atoms with E-state index >= 15 is 0 Å². The van der Waals surface area contributed by atoms with E-state index in [1.165, 1.54) is 16.8 Å². The Kier molecular flexibility index (Phi) is 5.94. The number of nitrogens with two attached hydrogens (primary N) is 1. The predicted octanol–water partition coefficient (Wildman–Crippen LogP) is 1.66. The average molecular weight is 262 g/mol. The third-order valence-electron chi connectivity index (χ3n) is 2.20. The molecule has 17 heavy (non-hydrogen) atoms. The smallest absolute Gasteiger partial charge is 0.394 e. The second-order valence-electron chi connectivity index (χ2n) is 3.43. The minimum absolute atomic E-state index is 0.870. The number of hydrogen-bond donors (Lipinski definition) is 4. The Morgan fingerprint density at radius 2 is 1.71 bits per heavy atom. The highest BCUT2D eigenvalue weighted by Gasteiger charge is 2.01. The van der Waals surface area contributed by atoms with Gasteiger partial charge in [-0.15, -0.1) is 0 Å². The summed E-state index contributed by atoms with van der Waals surface area (Å²) in [6.07, 6.45) is 0. The maximum Gasteiger partial charge on any atom is 0.394 e. The van der Waals surface area contributed by atoms with Crippen molar-refractivity contribution in [1.29, 1.82) is 0 Å². The van der Waals surface area contributed by atoms with E-state index in [0.29, 0.717) is 0 Å². The first-order chi connectivity index (χ1) is 7.66. The van der Waals surface area contributed by atoms with Gasteiger partial charge < -0.3 is 11.1 Å². The van der Waals surface area contributed by atoms with Crippen LogP contribution in [-0.4, -0.2) is 24.1 Å². The van der Waals surface area contributed by atoms with Crippen LogP contribution in [-0.2, 0) is 10.4 Å². The zero-order valence-electron chi connectivity index (χ0n) is 10.1. The molecule has 1 aromatic carbocycles. The van der Waals surface area contributed by atoms with Crippen LogP contribution in [0.3, 0.4) is 0 Å². The lowest BCUT2D eigenvalue weighted by molar-refractivity contribution is 0.381. The van der Waals surface area contributed by atoms with E-state index in [4.69, 9.17) is 23.3 Å². The van der Waals surface area contributed by atoms with E-state index in [0.717, 1.165) is 12.2 Å². The summed E-state index contributed by atoms with van der Waals surface area (Å²) in [5, 5.41) is 3.29. The molecular formula is C10H18N2O4S. The topological polar surface area (TPSA) is 113 Å². The lowest BCUT2D eigenvalue weighted by Crippen LogP contribution is -2.01. The van der Waals surface area contributed by atoms with Crippen molar-refractivity contribution in [3.63, 3.8) is 0 Å². The van der Waals surface area contributed by atoms with E-state index in [-0.39, 0.29) is 0 Å². The number of nitrogen functional groups attached to an aromatic ring is 1. The molecule has 1 aromatic rings. The highest BCUT2D eigenvalue weighted by Crippen LogP contribution is 2.22. The molecule has 0 saturated carbocycles. The van der Waals surface area contributed by atoms with E-state index in [1.54, 1.807) is 0 Å². The molecule has 7 heteroatoms. The van der Waals surface area contributed by atoms with Gasteiger partial charge in [-0.1, -0.05) is 0 Å². The minimum Gasteiger partial charge on any atom is -0.399 e. The predicted molar refractivity (Wildman–Crippen MR) is 68.7 cm³/mol. The van der Waals surface area contributed by atoms with Crippen LogP contribution in [0.5, 0.6) is 0 Å². The zero-order valence-corrected chi connectivity index (χ0v) is 10.9. The van der Waals surface area contributed by atoms with Crippen LogP contribution in [0, 0.1) is 13.8 Å². The molecule has 0 fully saturated rings. The SMILES string of the molecule is CCNc1ccc(N)c(C)c1C.O=S(=O)(O)O. The molecule has 0 aliphatic heterocycles. The summed E-state index contributed by atoms with van der Waals surface area (Å²) >= 11 is 0. The molecule has 5 N–H and O–H groups in total. The number of rotatable bonds is 2. The molecule has 0 unspecified atom stereocenters. The highest BCUT2D eigenvalue weighted by molar-refractivity contribution is 7.79. The van der Waals surface area contributed by atoms with E-state index in [2.05, 4.69) is 19.2 Å². The Hall–Kier alpha value is -1.31. The van der Waals surface area contributed by atoms with Crippen molar-refractivity contribution in [2.45, 2.75) is 20.8 Å². The van der Waals surface area contributed by atoms with Crippen LogP contribution in [0.15, 0.2) is 12.1 Å². The Morgan fingerprint density at radius 1 is 1.24 bits per heavy atom. The lowest BCUT2D eigenvalue weighted by atomic mass is 10.1. The first kappa shape index (κ1) is 15.7. The molecule has 0 heterocycles. The fourth-order valence-electron chi connectivity index (χ4n) is 1.22. The van der Waals surface area contributed by atoms with Gasteiger partial charge in [-0.25, -0.2) is 0 Å². The summed E-state index contributed by atoms with van der Waals surface area (Å²) in [6, 6.07) is 3.97. The summed E-state index contributed by atoms with van der Waals surface area (Å²) in [6.45, 7) is 7.17. The summed E-state index contributed by atoms with van der Waals surface area (Å²) in [7, 11) is -4.67. The Bertz CT molecular complexity index is 463. The van der Waals surface area contributed by atoms with Gasteiger partial charge in [-0.2, -0.15) is 8.42 Å². The average Bonchev–Trinajstić information content (AvgIpc) is 2.17. The van der Waals surface area contributed by atoms with Gasteiger partial charge in [0.1, 0.15) is 0 Å². The molecule has 0 saturated heterocycles. The van der Waals surface area contributed by atoms with Gasteiger partial charge in [0.05, 0.1) is 0 Å². The molecule has 0 atom stereocenters. The largest absolute Gasteiger partial charge is 0.399 e. The van der Waals surface area contributed by atoms with Crippen molar-refractivity contribution in [1.82, 2.24) is 0 Å². The molecular weight excluding hydrogens is 244 g/mol.